The predicted octanol–water partition coefficient (Wildman–Crippen LogP) is 7.17. The van der Waals surface area contributed by atoms with E-state index in [1.165, 1.54) is 0 Å². The number of hydrogen-bond donors (Lipinski definition) is 2. The number of fused-ring (bicyclic) bond motifs is 1. The maximum atomic E-state index is 13.5. The fourth-order valence-electron chi connectivity index (χ4n) is 3.28. The predicted molar refractivity (Wildman–Crippen MR) is 143 cm³/mol. The number of halogens is 3. The number of alkyl halides is 2. The quantitative estimate of drug-likeness (QED) is 0.217. The average Bonchev–Trinajstić information content (AvgIpc) is 3.27. The molecule has 2 aromatic carbocycles. The summed E-state index contributed by atoms with van der Waals surface area (Å²) in [6, 6.07) is 15.0. The van der Waals surface area contributed by atoms with E-state index in [0.29, 0.717) is 30.7 Å². The van der Waals surface area contributed by atoms with E-state index in [1.807, 2.05) is 70.4 Å². The van der Waals surface area contributed by atoms with Crippen molar-refractivity contribution in [3.05, 3.63) is 100 Å². The van der Waals surface area contributed by atoms with Gasteiger partial charge in [-0.05, 0) is 54.9 Å². The number of pyridine rings is 1. The number of aryl methyl sites for hydroxylation is 1. The van der Waals surface area contributed by atoms with Gasteiger partial charge in [-0.25, -0.2) is 4.39 Å². The topological polar surface area (TPSA) is 57.8 Å². The van der Waals surface area contributed by atoms with Crippen LogP contribution in [0.15, 0.2) is 60.9 Å². The lowest BCUT2D eigenvalue weighted by molar-refractivity contribution is 0.112. The van der Waals surface area contributed by atoms with Crippen molar-refractivity contribution in [3.8, 4) is 0 Å². The van der Waals surface area contributed by atoms with Crippen molar-refractivity contribution in [2.24, 2.45) is 0 Å². The van der Waals surface area contributed by atoms with Crippen LogP contribution in [0, 0.1) is 12.7 Å². The molecule has 0 aliphatic rings. The summed E-state index contributed by atoms with van der Waals surface area (Å²) in [7, 11) is 2.31. The molecule has 0 saturated heterocycles. The Balaban J connectivity index is 0.000000311. The second-order valence-corrected chi connectivity index (χ2v) is 7.58. The van der Waals surface area contributed by atoms with Gasteiger partial charge in [-0.15, -0.1) is 11.6 Å². The molecule has 0 unspecified atom stereocenters. The van der Waals surface area contributed by atoms with Crippen LogP contribution >= 0.6 is 11.6 Å². The molecule has 0 aliphatic heterocycles. The van der Waals surface area contributed by atoms with E-state index in [1.54, 1.807) is 18.3 Å². The van der Waals surface area contributed by atoms with Gasteiger partial charge in [-0.1, -0.05) is 38.1 Å². The third kappa shape index (κ3) is 9.23. The number of aromatic amines is 1. The van der Waals surface area contributed by atoms with Gasteiger partial charge in [0.1, 0.15) is 12.1 Å². The molecule has 0 saturated carbocycles. The zero-order chi connectivity index (χ0) is 26.2. The molecule has 0 aliphatic carbocycles. The van der Waals surface area contributed by atoms with Crippen LogP contribution in [0.2, 0.25) is 0 Å². The number of aldehydes is 1. The van der Waals surface area contributed by atoms with Crippen LogP contribution in [0.1, 0.15) is 52.2 Å². The standard InChI is InChI=1S/C14H12ClNO.C11H13FN2.C2H6.CH3F/c15-9-12-3-1-11(2-4-12)7-14-8-13(10-17)5-6-16-14;1-7-5-14-11-4-10(12)8(6-13-2)3-9(7)11;2*1-2/h1-6,8,10H,7,9H2;3-5,13-14H,6H2,1-2H3;1-2H3;1H3. The zero-order valence-electron chi connectivity index (χ0n) is 21.0. The van der Waals surface area contributed by atoms with E-state index >= 15 is 0 Å². The first kappa shape index (κ1) is 29.9. The molecular weight excluding hydrogens is 468 g/mol. The molecule has 4 nitrogen and oxygen atoms in total. The van der Waals surface area contributed by atoms with E-state index in [-0.39, 0.29) is 5.82 Å². The van der Waals surface area contributed by atoms with Crippen molar-refractivity contribution in [2.75, 3.05) is 14.2 Å². The molecule has 0 atom stereocenters. The van der Waals surface area contributed by atoms with Crippen molar-refractivity contribution in [3.63, 3.8) is 0 Å². The van der Waals surface area contributed by atoms with Crippen LogP contribution < -0.4 is 5.32 Å². The lowest BCUT2D eigenvalue weighted by Gasteiger charge is -2.02. The second kappa shape index (κ2) is 16.5. The summed E-state index contributed by atoms with van der Waals surface area (Å²) in [6.45, 7) is 6.58. The highest BCUT2D eigenvalue weighted by atomic mass is 35.5. The SMILES string of the molecule is CC.CF.CNCc1cc2c(C)c[nH]c2cc1F.O=Cc1ccnc(Cc2ccc(CCl)cc2)c1. The highest BCUT2D eigenvalue weighted by Gasteiger charge is 2.06. The van der Waals surface area contributed by atoms with Crippen LogP contribution in [-0.2, 0) is 18.8 Å². The van der Waals surface area contributed by atoms with E-state index < -0.39 is 0 Å². The molecule has 0 spiro atoms. The number of aromatic nitrogens is 2. The Hall–Kier alpha value is -3.09. The van der Waals surface area contributed by atoms with Gasteiger partial charge in [0.15, 0.2) is 0 Å². The molecule has 2 aromatic heterocycles. The summed E-state index contributed by atoms with van der Waals surface area (Å²) in [5.41, 5.74) is 6.54. The summed E-state index contributed by atoms with van der Waals surface area (Å²) in [6.07, 6.45) is 5.12. The second-order valence-electron chi connectivity index (χ2n) is 7.32. The maximum absolute atomic E-state index is 13.5. The highest BCUT2D eigenvalue weighted by Crippen LogP contribution is 2.21. The molecule has 35 heavy (non-hydrogen) atoms. The van der Waals surface area contributed by atoms with Crippen LogP contribution in [0.5, 0.6) is 0 Å². The summed E-state index contributed by atoms with van der Waals surface area (Å²) in [5.74, 6) is 0.368. The molecule has 0 amide bonds. The van der Waals surface area contributed by atoms with Crippen LogP contribution in [0.4, 0.5) is 8.78 Å². The first-order valence-electron chi connectivity index (χ1n) is 11.4. The van der Waals surface area contributed by atoms with Crippen LogP contribution in [0.25, 0.3) is 10.9 Å². The van der Waals surface area contributed by atoms with Gasteiger partial charge in [0.2, 0.25) is 0 Å². The third-order valence-electron chi connectivity index (χ3n) is 4.96. The van der Waals surface area contributed by atoms with Gasteiger partial charge in [0.25, 0.3) is 0 Å². The van der Waals surface area contributed by atoms with Gasteiger partial charge in [0.05, 0.1) is 7.18 Å². The van der Waals surface area contributed by atoms with Gasteiger partial charge in [0, 0.05) is 59.0 Å². The average molecular weight is 502 g/mol. The minimum Gasteiger partial charge on any atom is -0.361 e. The first-order chi connectivity index (χ1) is 17.0. The van der Waals surface area contributed by atoms with Crippen LogP contribution in [-0.4, -0.2) is 30.5 Å². The molecule has 4 aromatic rings. The summed E-state index contributed by atoms with van der Waals surface area (Å²) >= 11 is 5.73. The van der Waals surface area contributed by atoms with Crippen molar-refractivity contribution < 1.29 is 13.6 Å². The molecule has 4 rings (SSSR count). The fourth-order valence-corrected chi connectivity index (χ4v) is 3.45. The number of carbonyl (C=O) groups excluding carboxylic acids is 1. The molecule has 0 radical (unpaired) electrons. The lowest BCUT2D eigenvalue weighted by atomic mass is 10.1. The Morgan fingerprint density at radius 3 is 2.31 bits per heavy atom. The van der Waals surface area contributed by atoms with E-state index in [2.05, 4.69) is 15.3 Å². The fraction of sp³-hybridized carbons (Fsp3) is 0.286. The minimum atomic E-state index is -0.159. The summed E-state index contributed by atoms with van der Waals surface area (Å²) in [4.78, 5) is 17.9. The normalized spacial score (nSPS) is 9.71. The Kier molecular flexibility index (Phi) is 14.1. The van der Waals surface area contributed by atoms with Crippen LogP contribution in [0.3, 0.4) is 0 Å². The number of nitrogens with zero attached hydrogens (tertiary/aromatic N) is 1. The number of nitrogens with one attached hydrogen (secondary N) is 2. The molecular formula is C28H34ClF2N3O. The molecule has 188 valence electrons. The number of carbonyl (C=O) groups is 1. The van der Waals surface area contributed by atoms with Gasteiger partial charge in [-0.3, -0.25) is 14.2 Å². The van der Waals surface area contributed by atoms with E-state index in [0.717, 1.165) is 46.0 Å². The summed E-state index contributed by atoms with van der Waals surface area (Å²) in [5, 5.41) is 4.05. The Morgan fingerprint density at radius 1 is 1.06 bits per heavy atom. The van der Waals surface area contributed by atoms with Gasteiger partial charge in [-0.2, -0.15) is 0 Å². The molecule has 0 bridgehead atoms. The van der Waals surface area contributed by atoms with Gasteiger partial charge < -0.3 is 10.3 Å². The summed E-state index contributed by atoms with van der Waals surface area (Å²) < 4.78 is 23.0. The molecule has 2 N–H and O–H groups in total. The number of rotatable bonds is 6. The van der Waals surface area contributed by atoms with Crippen molar-refractivity contribution in [1.29, 1.82) is 0 Å². The minimum absolute atomic E-state index is 0.159. The van der Waals surface area contributed by atoms with E-state index in [4.69, 9.17) is 11.6 Å². The van der Waals surface area contributed by atoms with Crippen molar-refractivity contribution >= 4 is 28.8 Å². The highest BCUT2D eigenvalue weighted by molar-refractivity contribution is 6.17. The largest absolute Gasteiger partial charge is 0.361 e. The maximum Gasteiger partial charge on any atom is 0.150 e. The monoisotopic (exact) mass is 501 g/mol. The smallest absolute Gasteiger partial charge is 0.150 e. The molecule has 2 heterocycles. The Labute approximate surface area is 211 Å². The van der Waals surface area contributed by atoms with E-state index in [9.17, 15) is 13.6 Å². The number of H-pyrrole nitrogens is 1. The number of benzene rings is 2. The molecule has 7 heteroatoms. The number of hydrogen-bond acceptors (Lipinski definition) is 3. The van der Waals surface area contributed by atoms with Gasteiger partial charge >= 0.3 is 0 Å². The zero-order valence-corrected chi connectivity index (χ0v) is 21.7. The molecule has 0 fully saturated rings. The lowest BCUT2D eigenvalue weighted by Crippen LogP contribution is -2.06. The Bertz CT molecular complexity index is 1160. The third-order valence-corrected chi connectivity index (χ3v) is 5.27. The first-order valence-corrected chi connectivity index (χ1v) is 11.9. The van der Waals surface area contributed by atoms with Crippen molar-refractivity contribution in [1.82, 2.24) is 15.3 Å². The Morgan fingerprint density at radius 2 is 1.71 bits per heavy atom. The van der Waals surface area contributed by atoms with Crippen molar-refractivity contribution in [2.45, 2.75) is 39.6 Å².